The summed E-state index contributed by atoms with van der Waals surface area (Å²) < 4.78 is 38.4. The van der Waals surface area contributed by atoms with Gasteiger partial charge in [0.2, 0.25) is 0 Å². The number of hydrogen-bond donors (Lipinski definition) is 0. The fourth-order valence-corrected chi connectivity index (χ4v) is 1.74. The van der Waals surface area contributed by atoms with Gasteiger partial charge < -0.3 is 0 Å². The maximum Gasteiger partial charge on any atom is 0.418 e. The summed E-state index contributed by atoms with van der Waals surface area (Å²) in [5.41, 5.74) is -1.65. The van der Waals surface area contributed by atoms with Crippen molar-refractivity contribution in [3.05, 3.63) is 40.9 Å². The van der Waals surface area contributed by atoms with E-state index in [1.54, 1.807) is 0 Å². The molecule has 0 N–H and O–H groups in total. The minimum absolute atomic E-state index is 0.127. The maximum absolute atomic E-state index is 12.8. The van der Waals surface area contributed by atoms with Crippen LogP contribution in [0.4, 0.5) is 18.9 Å². The molecule has 0 unspecified atom stereocenters. The van der Waals surface area contributed by atoms with E-state index in [0.29, 0.717) is 11.0 Å². The zero-order chi connectivity index (χ0) is 13.5. The van der Waals surface area contributed by atoms with E-state index in [0.717, 1.165) is 18.2 Å². The molecule has 0 aromatic heterocycles. The molecule has 1 aromatic rings. The first-order valence-corrected chi connectivity index (χ1v) is 5.11. The molecular formula is C11H5ClF3NO2. The summed E-state index contributed by atoms with van der Waals surface area (Å²) in [7, 11) is 0. The molecule has 0 bridgehead atoms. The van der Waals surface area contributed by atoms with E-state index in [1.165, 1.54) is 6.07 Å². The van der Waals surface area contributed by atoms with E-state index >= 15 is 0 Å². The van der Waals surface area contributed by atoms with Gasteiger partial charge in [0.15, 0.2) is 0 Å². The monoisotopic (exact) mass is 275 g/mol. The van der Waals surface area contributed by atoms with E-state index in [2.05, 4.69) is 0 Å². The molecule has 94 valence electrons. The number of imide groups is 1. The Balaban J connectivity index is 2.58. The minimum atomic E-state index is -4.70. The summed E-state index contributed by atoms with van der Waals surface area (Å²) in [5, 5.41) is -0.127. The Morgan fingerprint density at radius 3 is 2.11 bits per heavy atom. The number of anilines is 1. The van der Waals surface area contributed by atoms with Crippen LogP contribution in [0.3, 0.4) is 0 Å². The number of hydrogen-bond acceptors (Lipinski definition) is 2. The highest BCUT2D eigenvalue weighted by atomic mass is 35.5. The van der Waals surface area contributed by atoms with E-state index in [1.807, 2.05) is 0 Å². The molecule has 0 saturated carbocycles. The quantitative estimate of drug-likeness (QED) is 0.739. The maximum atomic E-state index is 12.8. The van der Waals surface area contributed by atoms with Crippen molar-refractivity contribution in [2.45, 2.75) is 6.18 Å². The van der Waals surface area contributed by atoms with Gasteiger partial charge in [0, 0.05) is 17.2 Å². The third kappa shape index (κ3) is 2.11. The summed E-state index contributed by atoms with van der Waals surface area (Å²) in [6.45, 7) is 0. The Morgan fingerprint density at radius 2 is 1.61 bits per heavy atom. The highest BCUT2D eigenvalue weighted by Crippen LogP contribution is 2.38. The van der Waals surface area contributed by atoms with Crippen molar-refractivity contribution in [3.8, 4) is 0 Å². The standard InChI is InChI=1S/C11H5ClF3NO2/c12-6-1-2-8(7(5-6)11(13,14)15)16-9(17)3-4-10(16)18/h1-5H. The molecule has 1 aliphatic heterocycles. The third-order valence-corrected chi connectivity index (χ3v) is 2.55. The van der Waals surface area contributed by atoms with Gasteiger partial charge in [0.1, 0.15) is 0 Å². The molecule has 0 spiro atoms. The van der Waals surface area contributed by atoms with Gasteiger partial charge in [-0.3, -0.25) is 9.59 Å². The van der Waals surface area contributed by atoms with Crippen LogP contribution in [0.1, 0.15) is 5.56 Å². The molecule has 2 amide bonds. The van der Waals surface area contributed by atoms with Crippen molar-refractivity contribution in [1.29, 1.82) is 0 Å². The van der Waals surface area contributed by atoms with Crippen molar-refractivity contribution in [3.63, 3.8) is 0 Å². The fraction of sp³-hybridized carbons (Fsp3) is 0.0909. The Kier molecular flexibility index (Phi) is 2.90. The third-order valence-electron chi connectivity index (χ3n) is 2.31. The van der Waals surface area contributed by atoms with Gasteiger partial charge >= 0.3 is 6.18 Å². The van der Waals surface area contributed by atoms with Gasteiger partial charge in [-0.2, -0.15) is 13.2 Å². The van der Waals surface area contributed by atoms with Gasteiger partial charge in [-0.25, -0.2) is 4.90 Å². The summed E-state index contributed by atoms with van der Waals surface area (Å²) in [5.74, 6) is -1.62. The van der Waals surface area contributed by atoms with Crippen molar-refractivity contribution >= 4 is 29.1 Å². The molecule has 0 radical (unpaired) electrons. The Hall–Kier alpha value is -1.82. The number of halogens is 4. The highest BCUT2D eigenvalue weighted by Gasteiger charge is 2.38. The molecule has 1 aromatic carbocycles. The molecule has 3 nitrogen and oxygen atoms in total. The van der Waals surface area contributed by atoms with Crippen LogP contribution in [0.25, 0.3) is 0 Å². The molecular weight excluding hydrogens is 271 g/mol. The molecule has 0 saturated heterocycles. The van der Waals surface area contributed by atoms with Crippen molar-refractivity contribution in [2.24, 2.45) is 0 Å². The zero-order valence-electron chi connectivity index (χ0n) is 8.66. The largest absolute Gasteiger partial charge is 0.418 e. The Bertz CT molecular complexity index is 548. The first-order chi connectivity index (χ1) is 8.30. The van der Waals surface area contributed by atoms with Crippen molar-refractivity contribution < 1.29 is 22.8 Å². The predicted octanol–water partition coefficient (Wildman–Crippen LogP) is 2.79. The van der Waals surface area contributed by atoms with E-state index in [9.17, 15) is 22.8 Å². The number of nitrogens with zero attached hydrogens (tertiary/aromatic N) is 1. The van der Waals surface area contributed by atoms with Crippen molar-refractivity contribution in [2.75, 3.05) is 4.90 Å². The lowest BCUT2D eigenvalue weighted by atomic mass is 10.1. The van der Waals surface area contributed by atoms with Gasteiger partial charge in [0.05, 0.1) is 11.3 Å². The van der Waals surface area contributed by atoms with E-state index in [4.69, 9.17) is 11.6 Å². The first-order valence-electron chi connectivity index (χ1n) is 4.73. The van der Waals surface area contributed by atoms with Crippen LogP contribution < -0.4 is 4.90 Å². The number of carbonyl (C=O) groups excluding carboxylic acids is 2. The van der Waals surface area contributed by atoms with Crippen LogP contribution in [-0.4, -0.2) is 11.8 Å². The molecule has 0 fully saturated rings. The number of alkyl halides is 3. The molecule has 0 atom stereocenters. The summed E-state index contributed by atoms with van der Waals surface area (Å²) in [4.78, 5) is 23.2. The van der Waals surface area contributed by atoms with E-state index < -0.39 is 29.2 Å². The number of rotatable bonds is 1. The van der Waals surface area contributed by atoms with E-state index in [-0.39, 0.29) is 5.02 Å². The second kappa shape index (κ2) is 4.13. The average Bonchev–Trinajstić information content (AvgIpc) is 2.58. The Labute approximate surface area is 104 Å². The van der Waals surface area contributed by atoms with Gasteiger partial charge in [-0.05, 0) is 18.2 Å². The van der Waals surface area contributed by atoms with Gasteiger partial charge in [-0.1, -0.05) is 11.6 Å². The second-order valence-corrected chi connectivity index (χ2v) is 3.94. The van der Waals surface area contributed by atoms with Crippen molar-refractivity contribution in [1.82, 2.24) is 0 Å². The molecule has 0 aliphatic carbocycles. The molecule has 2 rings (SSSR count). The SMILES string of the molecule is O=C1C=CC(=O)N1c1ccc(Cl)cc1C(F)(F)F. The summed E-state index contributed by atoms with van der Waals surface area (Å²) in [6.07, 6.45) is -2.88. The molecule has 18 heavy (non-hydrogen) atoms. The number of amides is 2. The lowest BCUT2D eigenvalue weighted by molar-refractivity contribution is -0.137. The van der Waals surface area contributed by atoms with Crippen LogP contribution in [0.5, 0.6) is 0 Å². The molecule has 1 heterocycles. The normalized spacial score (nSPS) is 15.7. The predicted molar refractivity (Wildman–Crippen MR) is 58.1 cm³/mol. The highest BCUT2D eigenvalue weighted by molar-refractivity contribution is 6.31. The van der Waals surface area contributed by atoms with Crippen LogP contribution in [-0.2, 0) is 15.8 Å². The topological polar surface area (TPSA) is 37.4 Å². The lowest BCUT2D eigenvalue weighted by Gasteiger charge is -2.19. The average molecular weight is 276 g/mol. The Morgan fingerprint density at radius 1 is 1.06 bits per heavy atom. The summed E-state index contributed by atoms with van der Waals surface area (Å²) >= 11 is 5.50. The van der Waals surface area contributed by atoms with Crippen LogP contribution in [0.15, 0.2) is 30.4 Å². The fourth-order valence-electron chi connectivity index (χ4n) is 1.57. The smallest absolute Gasteiger partial charge is 0.269 e. The minimum Gasteiger partial charge on any atom is -0.269 e. The number of benzene rings is 1. The van der Waals surface area contributed by atoms with Gasteiger partial charge in [-0.15, -0.1) is 0 Å². The van der Waals surface area contributed by atoms with Crippen LogP contribution >= 0.6 is 11.6 Å². The summed E-state index contributed by atoms with van der Waals surface area (Å²) in [6, 6.07) is 2.86. The van der Waals surface area contributed by atoms with Crippen LogP contribution in [0.2, 0.25) is 5.02 Å². The zero-order valence-corrected chi connectivity index (χ0v) is 9.42. The first kappa shape index (κ1) is 12.6. The lowest BCUT2D eigenvalue weighted by Crippen LogP contribution is -2.31. The number of carbonyl (C=O) groups is 2. The van der Waals surface area contributed by atoms with Crippen LogP contribution in [0, 0.1) is 0 Å². The molecule has 7 heteroatoms. The second-order valence-electron chi connectivity index (χ2n) is 3.50. The molecule has 1 aliphatic rings. The van der Waals surface area contributed by atoms with Gasteiger partial charge in [0.25, 0.3) is 11.8 Å².